The topological polar surface area (TPSA) is 52.6 Å². The average molecular weight is 298 g/mol. The van der Waals surface area contributed by atoms with E-state index in [9.17, 15) is 9.59 Å². The van der Waals surface area contributed by atoms with Crippen LogP contribution in [0.15, 0.2) is 0 Å². The largest absolute Gasteiger partial charge is 0.465 e. The van der Waals surface area contributed by atoms with E-state index in [-0.39, 0.29) is 17.9 Å². The van der Waals surface area contributed by atoms with E-state index in [0.29, 0.717) is 32.3 Å². The lowest BCUT2D eigenvalue weighted by molar-refractivity contribution is -0.166. The molecule has 0 aromatic carbocycles. The Bertz CT molecular complexity index is 359. The Morgan fingerprint density at radius 1 is 1.19 bits per heavy atom. The maximum Gasteiger partial charge on any atom is 0.311 e. The molecule has 1 rings (SSSR count). The molecule has 0 saturated heterocycles. The predicted octanol–water partition coefficient (Wildman–Crippen LogP) is 3.87. The molecule has 4 nitrogen and oxygen atoms in total. The van der Waals surface area contributed by atoms with Gasteiger partial charge in [0.15, 0.2) is 0 Å². The fourth-order valence-electron chi connectivity index (χ4n) is 2.56. The van der Waals surface area contributed by atoms with Crippen molar-refractivity contribution in [3.8, 4) is 0 Å². The molecule has 0 atom stereocenters. The zero-order valence-corrected chi connectivity index (χ0v) is 14.2. The van der Waals surface area contributed by atoms with E-state index in [1.807, 2.05) is 27.7 Å². The van der Waals surface area contributed by atoms with Crippen LogP contribution in [0.3, 0.4) is 0 Å². The molecule has 0 spiro atoms. The minimum absolute atomic E-state index is 0.0826. The van der Waals surface area contributed by atoms with Crippen LogP contribution in [-0.2, 0) is 19.1 Å². The molecule has 0 aromatic heterocycles. The summed E-state index contributed by atoms with van der Waals surface area (Å²) in [6.07, 6.45) is 4.72. The van der Waals surface area contributed by atoms with Gasteiger partial charge in [0.2, 0.25) is 0 Å². The zero-order valence-electron chi connectivity index (χ0n) is 14.2. The molecule has 0 heterocycles. The Morgan fingerprint density at radius 3 is 2.24 bits per heavy atom. The summed E-state index contributed by atoms with van der Waals surface area (Å²) in [5, 5.41) is 0. The molecule has 1 saturated carbocycles. The number of esters is 2. The van der Waals surface area contributed by atoms with Crippen LogP contribution in [0.2, 0.25) is 0 Å². The van der Waals surface area contributed by atoms with Crippen molar-refractivity contribution in [2.75, 3.05) is 6.61 Å². The van der Waals surface area contributed by atoms with Gasteiger partial charge in [0.25, 0.3) is 0 Å². The van der Waals surface area contributed by atoms with Crippen molar-refractivity contribution in [1.82, 2.24) is 0 Å². The molecule has 0 amide bonds. The Morgan fingerprint density at radius 2 is 1.76 bits per heavy atom. The molecule has 4 heteroatoms. The fraction of sp³-hybridized carbons (Fsp3) is 0.882. The lowest BCUT2D eigenvalue weighted by Crippen LogP contribution is -2.38. The SMILES string of the molecule is CCCCOC(=O)[C@]1(C)CC[C@@H](C(=O)OC(C)(C)C)CC1. The zero-order chi connectivity index (χ0) is 16.1. The van der Waals surface area contributed by atoms with E-state index in [2.05, 4.69) is 6.92 Å². The molecular formula is C17H30O4. The van der Waals surface area contributed by atoms with E-state index in [1.165, 1.54) is 0 Å². The number of hydrogen-bond donors (Lipinski definition) is 0. The van der Waals surface area contributed by atoms with Gasteiger partial charge in [0.05, 0.1) is 17.9 Å². The minimum Gasteiger partial charge on any atom is -0.465 e. The third-order valence-corrected chi connectivity index (χ3v) is 4.05. The Balaban J connectivity index is 2.46. The summed E-state index contributed by atoms with van der Waals surface area (Å²) < 4.78 is 10.8. The van der Waals surface area contributed by atoms with Crippen LogP contribution in [-0.4, -0.2) is 24.1 Å². The first kappa shape index (κ1) is 18.0. The van der Waals surface area contributed by atoms with Crippen molar-refractivity contribution in [3.05, 3.63) is 0 Å². The number of ether oxygens (including phenoxy) is 2. The smallest absolute Gasteiger partial charge is 0.311 e. The van der Waals surface area contributed by atoms with Crippen molar-refractivity contribution >= 4 is 11.9 Å². The van der Waals surface area contributed by atoms with Gasteiger partial charge in [0, 0.05) is 0 Å². The monoisotopic (exact) mass is 298 g/mol. The second kappa shape index (κ2) is 7.28. The predicted molar refractivity (Wildman–Crippen MR) is 81.8 cm³/mol. The molecular weight excluding hydrogens is 268 g/mol. The highest BCUT2D eigenvalue weighted by molar-refractivity contribution is 5.78. The van der Waals surface area contributed by atoms with Crippen LogP contribution >= 0.6 is 0 Å². The van der Waals surface area contributed by atoms with Crippen LogP contribution in [0.5, 0.6) is 0 Å². The molecule has 0 aromatic rings. The molecule has 0 bridgehead atoms. The highest BCUT2D eigenvalue weighted by Crippen LogP contribution is 2.40. The number of unbranched alkanes of at least 4 members (excludes halogenated alkanes) is 1. The molecule has 122 valence electrons. The average Bonchev–Trinajstić information content (AvgIpc) is 2.37. The Labute approximate surface area is 128 Å². The van der Waals surface area contributed by atoms with Gasteiger partial charge in [-0.25, -0.2) is 0 Å². The van der Waals surface area contributed by atoms with Gasteiger partial charge in [-0.05, 0) is 59.8 Å². The van der Waals surface area contributed by atoms with Crippen LogP contribution in [0, 0.1) is 11.3 Å². The standard InChI is InChI=1S/C17H30O4/c1-6-7-12-20-15(19)17(5)10-8-13(9-11-17)14(18)21-16(2,3)4/h13H,6-12H2,1-5H3/t13-,17-. The third kappa shape index (κ3) is 5.68. The Hall–Kier alpha value is -1.06. The van der Waals surface area contributed by atoms with Gasteiger partial charge in [0.1, 0.15) is 5.60 Å². The van der Waals surface area contributed by atoms with Crippen LogP contribution in [0.25, 0.3) is 0 Å². The summed E-state index contributed by atoms with van der Waals surface area (Å²) in [7, 11) is 0. The second-order valence-electron chi connectivity index (χ2n) is 7.36. The number of carbonyl (C=O) groups is 2. The van der Waals surface area contributed by atoms with Crippen LogP contribution < -0.4 is 0 Å². The van der Waals surface area contributed by atoms with Crippen molar-refractivity contribution < 1.29 is 19.1 Å². The first-order chi connectivity index (χ1) is 9.68. The molecule has 21 heavy (non-hydrogen) atoms. The molecule has 1 aliphatic rings. The molecule has 0 unspecified atom stereocenters. The fourth-order valence-corrected chi connectivity index (χ4v) is 2.56. The molecule has 0 aliphatic heterocycles. The van der Waals surface area contributed by atoms with E-state index in [4.69, 9.17) is 9.47 Å². The van der Waals surface area contributed by atoms with Crippen molar-refractivity contribution in [2.24, 2.45) is 11.3 Å². The highest BCUT2D eigenvalue weighted by atomic mass is 16.6. The summed E-state index contributed by atoms with van der Waals surface area (Å²) in [5.41, 5.74) is -0.886. The quantitative estimate of drug-likeness (QED) is 0.571. The van der Waals surface area contributed by atoms with Crippen LogP contribution in [0.4, 0.5) is 0 Å². The number of hydrogen-bond acceptors (Lipinski definition) is 4. The van der Waals surface area contributed by atoms with Gasteiger partial charge < -0.3 is 9.47 Å². The summed E-state index contributed by atoms with van der Waals surface area (Å²) in [6.45, 7) is 10.2. The Kier molecular flexibility index (Phi) is 6.24. The first-order valence-electron chi connectivity index (χ1n) is 8.08. The van der Waals surface area contributed by atoms with Gasteiger partial charge >= 0.3 is 11.9 Å². The van der Waals surface area contributed by atoms with E-state index < -0.39 is 11.0 Å². The normalized spacial score (nSPS) is 26.2. The molecule has 0 radical (unpaired) electrons. The van der Waals surface area contributed by atoms with Gasteiger partial charge in [-0.1, -0.05) is 13.3 Å². The van der Waals surface area contributed by atoms with Crippen LogP contribution in [0.1, 0.15) is 73.1 Å². The van der Waals surface area contributed by atoms with Crippen molar-refractivity contribution in [3.63, 3.8) is 0 Å². The molecule has 0 N–H and O–H groups in total. The van der Waals surface area contributed by atoms with E-state index >= 15 is 0 Å². The molecule has 1 fully saturated rings. The lowest BCUT2D eigenvalue weighted by atomic mass is 9.71. The van der Waals surface area contributed by atoms with E-state index in [0.717, 1.165) is 12.8 Å². The maximum atomic E-state index is 12.2. The van der Waals surface area contributed by atoms with Gasteiger partial charge in [-0.3, -0.25) is 9.59 Å². The summed E-state index contributed by atoms with van der Waals surface area (Å²) in [5.74, 6) is -0.330. The van der Waals surface area contributed by atoms with Gasteiger partial charge in [-0.15, -0.1) is 0 Å². The summed E-state index contributed by atoms with van der Waals surface area (Å²) in [6, 6.07) is 0. The second-order valence-corrected chi connectivity index (χ2v) is 7.36. The summed E-state index contributed by atoms with van der Waals surface area (Å²) >= 11 is 0. The van der Waals surface area contributed by atoms with Gasteiger partial charge in [-0.2, -0.15) is 0 Å². The number of carbonyl (C=O) groups excluding carboxylic acids is 2. The van der Waals surface area contributed by atoms with E-state index in [1.54, 1.807) is 0 Å². The summed E-state index contributed by atoms with van der Waals surface area (Å²) in [4.78, 5) is 24.2. The van der Waals surface area contributed by atoms with Crippen molar-refractivity contribution in [1.29, 1.82) is 0 Å². The van der Waals surface area contributed by atoms with Crippen molar-refractivity contribution in [2.45, 2.75) is 78.7 Å². The lowest BCUT2D eigenvalue weighted by Gasteiger charge is -2.35. The minimum atomic E-state index is -0.448. The molecule has 1 aliphatic carbocycles. The highest BCUT2D eigenvalue weighted by Gasteiger charge is 2.41. The maximum absolute atomic E-state index is 12.2. The first-order valence-corrected chi connectivity index (χ1v) is 8.08. The number of rotatable bonds is 5. The third-order valence-electron chi connectivity index (χ3n) is 4.05.